The molecule has 4 rings (SSSR count). The summed E-state index contributed by atoms with van der Waals surface area (Å²) in [6.07, 6.45) is 5.81. The van der Waals surface area contributed by atoms with E-state index in [2.05, 4.69) is 29.6 Å². The monoisotopic (exact) mass is 356 g/mol. The fraction of sp³-hybridized carbons (Fsp3) is 0.619. The second-order valence-electron chi connectivity index (χ2n) is 8.13. The molecule has 5 heteroatoms. The van der Waals surface area contributed by atoms with Gasteiger partial charge in [0.1, 0.15) is 6.61 Å². The number of piperidine rings is 1. The van der Waals surface area contributed by atoms with Gasteiger partial charge in [-0.25, -0.2) is 0 Å². The molecule has 0 unspecified atom stereocenters. The van der Waals surface area contributed by atoms with E-state index >= 15 is 0 Å². The molecular formula is C21H28N2O3. The third kappa shape index (κ3) is 3.37. The highest BCUT2D eigenvalue weighted by Gasteiger charge is 2.46. The van der Waals surface area contributed by atoms with Crippen molar-refractivity contribution in [1.29, 1.82) is 0 Å². The van der Waals surface area contributed by atoms with Crippen LogP contribution < -0.4 is 5.32 Å². The summed E-state index contributed by atoms with van der Waals surface area (Å²) in [5.41, 5.74) is 2.86. The number of fused-ring (bicyclic) bond motifs is 2. The van der Waals surface area contributed by atoms with Crippen LogP contribution in [0.25, 0.3) is 0 Å². The van der Waals surface area contributed by atoms with E-state index in [0.29, 0.717) is 18.4 Å². The van der Waals surface area contributed by atoms with Crippen molar-refractivity contribution in [2.45, 2.75) is 55.9 Å². The Labute approximate surface area is 155 Å². The Kier molecular flexibility index (Phi) is 4.74. The minimum atomic E-state index is 0.0778. The van der Waals surface area contributed by atoms with Crippen LogP contribution in [0.5, 0.6) is 0 Å². The molecule has 26 heavy (non-hydrogen) atoms. The first kappa shape index (κ1) is 17.5. The zero-order valence-corrected chi connectivity index (χ0v) is 15.5. The summed E-state index contributed by atoms with van der Waals surface area (Å²) in [6, 6.07) is 9.04. The van der Waals surface area contributed by atoms with Crippen LogP contribution in [0.2, 0.25) is 0 Å². The summed E-state index contributed by atoms with van der Waals surface area (Å²) < 4.78 is 4.99. The van der Waals surface area contributed by atoms with Gasteiger partial charge in [0.05, 0.1) is 0 Å². The molecule has 140 valence electrons. The summed E-state index contributed by atoms with van der Waals surface area (Å²) in [6.45, 7) is 1.71. The smallest absolute Gasteiger partial charge is 0.248 e. The first-order valence-electron chi connectivity index (χ1n) is 9.77. The van der Waals surface area contributed by atoms with Crippen LogP contribution >= 0.6 is 0 Å². The van der Waals surface area contributed by atoms with Gasteiger partial charge in [-0.15, -0.1) is 0 Å². The highest BCUT2D eigenvalue weighted by molar-refractivity contribution is 5.78. The van der Waals surface area contributed by atoms with Crippen LogP contribution in [0.4, 0.5) is 0 Å². The molecule has 1 spiro atoms. The van der Waals surface area contributed by atoms with Gasteiger partial charge >= 0.3 is 0 Å². The SMILES string of the molecule is COCC(=O)N1CCC2(CC1)C[C@H](CC(=O)NC1CC1)c1ccccc12. The highest BCUT2D eigenvalue weighted by atomic mass is 16.5. The van der Waals surface area contributed by atoms with Gasteiger partial charge in [0.25, 0.3) is 0 Å². The second-order valence-corrected chi connectivity index (χ2v) is 8.13. The summed E-state index contributed by atoms with van der Waals surface area (Å²) in [5.74, 6) is 0.567. The Morgan fingerprint density at radius 2 is 1.96 bits per heavy atom. The summed E-state index contributed by atoms with van der Waals surface area (Å²) in [4.78, 5) is 26.4. The van der Waals surface area contributed by atoms with E-state index < -0.39 is 0 Å². The average molecular weight is 356 g/mol. The summed E-state index contributed by atoms with van der Waals surface area (Å²) >= 11 is 0. The van der Waals surface area contributed by atoms with Crippen LogP contribution in [0, 0.1) is 0 Å². The maximum Gasteiger partial charge on any atom is 0.248 e. The maximum atomic E-state index is 12.4. The maximum absolute atomic E-state index is 12.4. The first-order valence-corrected chi connectivity index (χ1v) is 9.77. The van der Waals surface area contributed by atoms with Gasteiger partial charge in [-0.2, -0.15) is 0 Å². The topological polar surface area (TPSA) is 58.6 Å². The molecule has 1 heterocycles. The number of benzene rings is 1. The van der Waals surface area contributed by atoms with E-state index in [1.54, 1.807) is 7.11 Å². The van der Waals surface area contributed by atoms with Crippen molar-refractivity contribution in [3.63, 3.8) is 0 Å². The Bertz CT molecular complexity index is 690. The quantitative estimate of drug-likeness (QED) is 0.881. The van der Waals surface area contributed by atoms with Gasteiger partial charge in [0.2, 0.25) is 11.8 Å². The Balaban J connectivity index is 1.47. The van der Waals surface area contributed by atoms with Crippen LogP contribution in [-0.2, 0) is 19.7 Å². The minimum absolute atomic E-state index is 0.0778. The van der Waals surface area contributed by atoms with E-state index in [4.69, 9.17) is 4.74 Å². The van der Waals surface area contributed by atoms with Gasteiger partial charge < -0.3 is 15.0 Å². The highest BCUT2D eigenvalue weighted by Crippen LogP contribution is 2.52. The molecule has 1 saturated heterocycles. The van der Waals surface area contributed by atoms with E-state index in [1.807, 2.05) is 4.90 Å². The van der Waals surface area contributed by atoms with Gasteiger partial charge in [0.15, 0.2) is 0 Å². The molecule has 1 aromatic rings. The predicted molar refractivity (Wildman–Crippen MR) is 98.9 cm³/mol. The average Bonchev–Trinajstić information content (AvgIpc) is 3.41. The number of rotatable bonds is 5. The molecule has 3 aliphatic rings. The number of methoxy groups -OCH3 is 1. The van der Waals surface area contributed by atoms with Crippen LogP contribution in [0.15, 0.2) is 24.3 Å². The third-order valence-electron chi connectivity index (χ3n) is 6.32. The zero-order valence-electron chi connectivity index (χ0n) is 15.5. The molecule has 2 fully saturated rings. The standard InChI is InChI=1S/C21H28N2O3/c1-26-14-20(25)23-10-8-21(9-11-23)13-15(12-19(24)22-16-6-7-16)17-4-2-3-5-18(17)21/h2-5,15-16H,6-14H2,1H3,(H,22,24)/t15-/m0/s1. The molecule has 2 amide bonds. The normalized spacial score (nSPS) is 23.7. The zero-order chi connectivity index (χ0) is 18.1. The molecule has 1 atom stereocenters. The van der Waals surface area contributed by atoms with Crippen LogP contribution in [-0.4, -0.2) is 49.6 Å². The fourth-order valence-corrected chi connectivity index (χ4v) is 4.82. The molecular weight excluding hydrogens is 328 g/mol. The van der Waals surface area contributed by atoms with Gasteiger partial charge in [0, 0.05) is 32.7 Å². The Morgan fingerprint density at radius 1 is 1.23 bits per heavy atom. The van der Waals surface area contributed by atoms with Gasteiger partial charge in [-0.05, 0) is 54.6 Å². The minimum Gasteiger partial charge on any atom is -0.375 e. The first-order chi connectivity index (χ1) is 12.6. The van der Waals surface area contributed by atoms with Crippen molar-refractivity contribution in [3.05, 3.63) is 35.4 Å². The Morgan fingerprint density at radius 3 is 2.65 bits per heavy atom. The van der Waals surface area contributed by atoms with E-state index in [0.717, 1.165) is 45.2 Å². The summed E-state index contributed by atoms with van der Waals surface area (Å²) in [5, 5.41) is 3.13. The molecule has 1 N–H and O–H groups in total. The van der Waals surface area contributed by atoms with Crippen molar-refractivity contribution >= 4 is 11.8 Å². The molecule has 0 bridgehead atoms. The Hall–Kier alpha value is -1.88. The number of hydrogen-bond acceptors (Lipinski definition) is 3. The number of nitrogens with zero attached hydrogens (tertiary/aromatic N) is 1. The number of ether oxygens (including phenoxy) is 1. The lowest BCUT2D eigenvalue weighted by Gasteiger charge is -2.40. The number of carbonyl (C=O) groups is 2. The number of amides is 2. The molecule has 1 aromatic carbocycles. The third-order valence-corrected chi connectivity index (χ3v) is 6.32. The fourth-order valence-electron chi connectivity index (χ4n) is 4.82. The number of hydrogen-bond donors (Lipinski definition) is 1. The van der Waals surface area contributed by atoms with Crippen LogP contribution in [0.3, 0.4) is 0 Å². The largest absolute Gasteiger partial charge is 0.375 e. The molecule has 1 aliphatic heterocycles. The molecule has 1 saturated carbocycles. The lowest BCUT2D eigenvalue weighted by molar-refractivity contribution is -0.136. The predicted octanol–water partition coefficient (Wildman–Crippen LogP) is 2.35. The van der Waals surface area contributed by atoms with Crippen molar-refractivity contribution in [1.82, 2.24) is 10.2 Å². The summed E-state index contributed by atoms with van der Waals surface area (Å²) in [7, 11) is 1.56. The van der Waals surface area contributed by atoms with Gasteiger partial charge in [-0.3, -0.25) is 9.59 Å². The van der Waals surface area contributed by atoms with Crippen molar-refractivity contribution in [2.75, 3.05) is 26.8 Å². The number of likely N-dealkylation sites (tertiary alicyclic amines) is 1. The molecule has 5 nitrogen and oxygen atoms in total. The number of carbonyl (C=O) groups excluding carboxylic acids is 2. The van der Waals surface area contributed by atoms with Crippen LogP contribution in [0.1, 0.15) is 55.6 Å². The van der Waals surface area contributed by atoms with E-state index in [1.165, 1.54) is 11.1 Å². The van der Waals surface area contributed by atoms with E-state index in [9.17, 15) is 9.59 Å². The molecule has 0 aromatic heterocycles. The number of nitrogens with one attached hydrogen (secondary N) is 1. The second kappa shape index (κ2) is 7.03. The van der Waals surface area contributed by atoms with E-state index in [-0.39, 0.29) is 23.8 Å². The van der Waals surface area contributed by atoms with Gasteiger partial charge in [-0.1, -0.05) is 24.3 Å². The van der Waals surface area contributed by atoms with Crippen molar-refractivity contribution < 1.29 is 14.3 Å². The van der Waals surface area contributed by atoms with Crippen molar-refractivity contribution in [3.8, 4) is 0 Å². The lowest BCUT2D eigenvalue weighted by Crippen LogP contribution is -2.45. The molecule has 2 aliphatic carbocycles. The van der Waals surface area contributed by atoms with Crippen molar-refractivity contribution in [2.24, 2.45) is 0 Å². The lowest BCUT2D eigenvalue weighted by atomic mass is 9.73. The molecule has 0 radical (unpaired) electrons.